The minimum absolute atomic E-state index is 0.0222. The van der Waals surface area contributed by atoms with E-state index in [1.54, 1.807) is 39.3 Å². The molecule has 0 unspecified atom stereocenters. The first-order chi connectivity index (χ1) is 15.1. The van der Waals surface area contributed by atoms with E-state index in [0.717, 1.165) is 24.8 Å². The van der Waals surface area contributed by atoms with Gasteiger partial charge < -0.3 is 19.3 Å². The van der Waals surface area contributed by atoms with Gasteiger partial charge in [-0.2, -0.15) is 0 Å². The van der Waals surface area contributed by atoms with Crippen molar-refractivity contribution in [3.8, 4) is 5.75 Å². The third-order valence-electron chi connectivity index (χ3n) is 5.77. The fraction of sp³-hybridized carbons (Fsp3) is 0.478. The van der Waals surface area contributed by atoms with Gasteiger partial charge in [-0.05, 0) is 54.3 Å². The number of hydrogen-bond donors (Lipinski definition) is 0. The molecule has 31 heavy (non-hydrogen) atoms. The highest BCUT2D eigenvalue weighted by molar-refractivity contribution is 7.10. The third-order valence-corrected chi connectivity index (χ3v) is 6.77. The number of amides is 2. The lowest BCUT2D eigenvalue weighted by molar-refractivity contribution is -0.144. The number of carbonyl (C=O) groups excluding carboxylic acids is 2. The van der Waals surface area contributed by atoms with E-state index in [1.807, 2.05) is 11.4 Å². The maximum atomic E-state index is 14.0. The van der Waals surface area contributed by atoms with Crippen molar-refractivity contribution in [3.63, 3.8) is 0 Å². The van der Waals surface area contributed by atoms with Crippen molar-refractivity contribution in [2.45, 2.75) is 25.3 Å². The van der Waals surface area contributed by atoms with Crippen molar-refractivity contribution in [3.05, 3.63) is 52.0 Å². The summed E-state index contributed by atoms with van der Waals surface area (Å²) in [5.41, 5.74) is 1.04. The fourth-order valence-corrected chi connectivity index (χ4v) is 4.87. The molecule has 1 aliphatic carbocycles. The molecule has 1 fully saturated rings. The summed E-state index contributed by atoms with van der Waals surface area (Å²) in [5.74, 6) is -0.0803. The van der Waals surface area contributed by atoms with Gasteiger partial charge in [0.25, 0.3) is 0 Å². The maximum absolute atomic E-state index is 14.0. The van der Waals surface area contributed by atoms with E-state index in [-0.39, 0.29) is 43.4 Å². The van der Waals surface area contributed by atoms with E-state index >= 15 is 0 Å². The van der Waals surface area contributed by atoms with Gasteiger partial charge in [0, 0.05) is 25.1 Å². The number of ether oxygens (including phenoxy) is 2. The van der Waals surface area contributed by atoms with Crippen LogP contribution in [-0.4, -0.2) is 61.6 Å². The Labute approximate surface area is 185 Å². The number of benzene rings is 1. The standard InChI is InChI=1S/C23H27FN2O4S/c1-29-15-23(28)25(12-16-6-7-16)13-22(27)26-10-8-21-17(9-11-31-21)19(26)14-30-20-5-3-2-4-18(20)24/h2-5,9,11,16,19H,6-8,10,12-15H2,1H3/t19-/m0/s1. The van der Waals surface area contributed by atoms with Crippen molar-refractivity contribution in [2.75, 3.05) is 40.0 Å². The van der Waals surface area contributed by atoms with Crippen molar-refractivity contribution >= 4 is 23.2 Å². The maximum Gasteiger partial charge on any atom is 0.249 e. The number of thiophene rings is 1. The molecule has 0 bridgehead atoms. The van der Waals surface area contributed by atoms with Crippen LogP contribution in [0.1, 0.15) is 29.3 Å². The quantitative estimate of drug-likeness (QED) is 0.593. The molecule has 1 aliphatic heterocycles. The fourth-order valence-electron chi connectivity index (χ4n) is 3.94. The molecule has 4 rings (SSSR count). The summed E-state index contributed by atoms with van der Waals surface area (Å²) in [6.45, 7) is 1.28. The number of para-hydroxylation sites is 1. The molecule has 6 nitrogen and oxygen atoms in total. The normalized spacial score (nSPS) is 17.9. The molecule has 1 aromatic carbocycles. The van der Waals surface area contributed by atoms with Crippen LogP contribution in [0.25, 0.3) is 0 Å². The molecule has 0 N–H and O–H groups in total. The Morgan fingerprint density at radius 3 is 2.81 bits per heavy atom. The number of fused-ring (bicyclic) bond motifs is 1. The Morgan fingerprint density at radius 1 is 1.26 bits per heavy atom. The highest BCUT2D eigenvalue weighted by Crippen LogP contribution is 2.35. The first-order valence-electron chi connectivity index (χ1n) is 10.6. The third kappa shape index (κ3) is 5.25. The van der Waals surface area contributed by atoms with E-state index in [0.29, 0.717) is 19.0 Å². The van der Waals surface area contributed by atoms with Gasteiger partial charge in [0.05, 0.1) is 12.6 Å². The number of methoxy groups -OCH3 is 1. The van der Waals surface area contributed by atoms with Crippen LogP contribution in [-0.2, 0) is 20.7 Å². The Balaban J connectivity index is 1.49. The topological polar surface area (TPSA) is 59.1 Å². The Bertz CT molecular complexity index is 930. The summed E-state index contributed by atoms with van der Waals surface area (Å²) in [6, 6.07) is 7.96. The first-order valence-corrected chi connectivity index (χ1v) is 11.4. The lowest BCUT2D eigenvalue weighted by atomic mass is 10.0. The molecule has 2 aromatic rings. The van der Waals surface area contributed by atoms with Crippen LogP contribution in [0.4, 0.5) is 4.39 Å². The highest BCUT2D eigenvalue weighted by Gasteiger charge is 2.35. The summed E-state index contributed by atoms with van der Waals surface area (Å²) in [4.78, 5) is 30.4. The molecule has 2 aliphatic rings. The second-order valence-electron chi connectivity index (χ2n) is 8.04. The van der Waals surface area contributed by atoms with E-state index in [2.05, 4.69) is 0 Å². The molecule has 8 heteroatoms. The van der Waals surface area contributed by atoms with Crippen LogP contribution in [0.3, 0.4) is 0 Å². The van der Waals surface area contributed by atoms with Crippen LogP contribution in [0.15, 0.2) is 35.7 Å². The zero-order valence-corrected chi connectivity index (χ0v) is 18.4. The van der Waals surface area contributed by atoms with E-state index < -0.39 is 5.82 Å². The summed E-state index contributed by atoms with van der Waals surface area (Å²) >= 11 is 1.66. The number of rotatable bonds is 9. The van der Waals surface area contributed by atoms with E-state index in [1.165, 1.54) is 18.1 Å². The Kier molecular flexibility index (Phi) is 6.87. The van der Waals surface area contributed by atoms with Gasteiger partial charge in [-0.1, -0.05) is 12.1 Å². The Morgan fingerprint density at radius 2 is 2.06 bits per heavy atom. The van der Waals surface area contributed by atoms with Gasteiger partial charge in [0.1, 0.15) is 13.2 Å². The molecule has 0 radical (unpaired) electrons. The van der Waals surface area contributed by atoms with Crippen LogP contribution in [0.5, 0.6) is 5.75 Å². The minimum Gasteiger partial charge on any atom is -0.488 e. The lowest BCUT2D eigenvalue weighted by Crippen LogP contribution is -2.48. The predicted molar refractivity (Wildman–Crippen MR) is 116 cm³/mol. The van der Waals surface area contributed by atoms with E-state index in [9.17, 15) is 14.0 Å². The summed E-state index contributed by atoms with van der Waals surface area (Å²) in [6.07, 6.45) is 2.95. The zero-order valence-electron chi connectivity index (χ0n) is 17.6. The predicted octanol–water partition coefficient (Wildman–Crippen LogP) is 3.28. The van der Waals surface area contributed by atoms with Crippen LogP contribution in [0, 0.1) is 11.7 Å². The summed E-state index contributed by atoms with van der Waals surface area (Å²) < 4.78 is 24.8. The van der Waals surface area contributed by atoms with Gasteiger partial charge >= 0.3 is 0 Å². The van der Waals surface area contributed by atoms with Gasteiger partial charge in [-0.15, -0.1) is 11.3 Å². The molecule has 0 saturated heterocycles. The lowest BCUT2D eigenvalue weighted by Gasteiger charge is -2.37. The SMILES string of the molecule is COCC(=O)N(CC(=O)N1CCc2sccc2[C@@H]1COc1ccccc1F)CC1CC1. The smallest absolute Gasteiger partial charge is 0.249 e. The molecular formula is C23H27FN2O4S. The van der Waals surface area contributed by atoms with E-state index in [4.69, 9.17) is 9.47 Å². The average molecular weight is 447 g/mol. The van der Waals surface area contributed by atoms with Gasteiger partial charge in [0.15, 0.2) is 11.6 Å². The van der Waals surface area contributed by atoms with Crippen LogP contribution < -0.4 is 4.74 Å². The van der Waals surface area contributed by atoms with Crippen molar-refractivity contribution < 1.29 is 23.5 Å². The molecular weight excluding hydrogens is 419 g/mol. The zero-order chi connectivity index (χ0) is 21.8. The molecule has 0 spiro atoms. The monoisotopic (exact) mass is 446 g/mol. The van der Waals surface area contributed by atoms with Gasteiger partial charge in [-0.3, -0.25) is 9.59 Å². The first kappa shape index (κ1) is 21.8. The minimum atomic E-state index is -0.428. The number of halogens is 1. The average Bonchev–Trinajstić information content (AvgIpc) is 3.45. The van der Waals surface area contributed by atoms with Crippen molar-refractivity contribution in [1.29, 1.82) is 0 Å². The Hall–Kier alpha value is -2.45. The van der Waals surface area contributed by atoms with Gasteiger partial charge in [0.2, 0.25) is 11.8 Å². The molecule has 166 valence electrons. The number of hydrogen-bond acceptors (Lipinski definition) is 5. The summed E-state index contributed by atoms with van der Waals surface area (Å²) in [5, 5.41) is 2.01. The second-order valence-corrected chi connectivity index (χ2v) is 9.04. The molecule has 1 saturated carbocycles. The van der Waals surface area contributed by atoms with Crippen molar-refractivity contribution in [1.82, 2.24) is 9.80 Å². The highest BCUT2D eigenvalue weighted by atomic mass is 32.1. The number of carbonyl (C=O) groups is 2. The number of nitrogens with zero attached hydrogens (tertiary/aromatic N) is 2. The van der Waals surface area contributed by atoms with Crippen molar-refractivity contribution in [2.24, 2.45) is 5.92 Å². The molecule has 1 atom stereocenters. The van der Waals surface area contributed by atoms with Crippen LogP contribution in [0.2, 0.25) is 0 Å². The second kappa shape index (κ2) is 9.78. The largest absolute Gasteiger partial charge is 0.488 e. The molecule has 2 amide bonds. The molecule has 2 heterocycles. The molecule has 1 aromatic heterocycles. The van der Waals surface area contributed by atoms with Crippen LogP contribution >= 0.6 is 11.3 Å². The van der Waals surface area contributed by atoms with Gasteiger partial charge in [-0.25, -0.2) is 4.39 Å². The summed E-state index contributed by atoms with van der Waals surface area (Å²) in [7, 11) is 1.48.